The van der Waals surface area contributed by atoms with Crippen LogP contribution in [0.3, 0.4) is 0 Å². The number of benzene rings is 1. The van der Waals surface area contributed by atoms with Crippen molar-refractivity contribution in [3.8, 4) is 0 Å². The molecule has 1 aromatic carbocycles. The van der Waals surface area contributed by atoms with Crippen LogP contribution < -0.4 is 4.90 Å². The van der Waals surface area contributed by atoms with Gasteiger partial charge >= 0.3 is 0 Å². The second-order valence-electron chi connectivity index (χ2n) is 6.54. The van der Waals surface area contributed by atoms with Crippen molar-refractivity contribution >= 4 is 29.1 Å². The monoisotopic (exact) mass is 386 g/mol. The third-order valence-corrected chi connectivity index (χ3v) is 4.89. The van der Waals surface area contributed by atoms with Crippen LogP contribution in [0, 0.1) is 0 Å². The lowest BCUT2D eigenvalue weighted by molar-refractivity contribution is -0.140. The molecule has 0 N–H and O–H groups in total. The highest BCUT2D eigenvalue weighted by Crippen LogP contribution is 2.20. The highest BCUT2D eigenvalue weighted by molar-refractivity contribution is 6.30. The fourth-order valence-electron chi connectivity index (χ4n) is 3.12. The zero-order chi connectivity index (χ0) is 19.2. The molecule has 1 aromatic heterocycles. The molecule has 27 heavy (non-hydrogen) atoms. The first kappa shape index (κ1) is 19.2. The van der Waals surface area contributed by atoms with Gasteiger partial charge in [0.2, 0.25) is 11.8 Å². The first-order chi connectivity index (χ1) is 13.0. The largest absolute Gasteiger partial charge is 0.368 e. The molecule has 1 fully saturated rings. The lowest BCUT2D eigenvalue weighted by Gasteiger charge is -2.37. The highest BCUT2D eigenvalue weighted by atomic mass is 35.5. The van der Waals surface area contributed by atoms with Gasteiger partial charge in [-0.3, -0.25) is 14.6 Å². The maximum Gasteiger partial charge on any atom is 0.242 e. The summed E-state index contributed by atoms with van der Waals surface area (Å²) in [5.41, 5.74) is 1.83. The number of anilines is 1. The van der Waals surface area contributed by atoms with Gasteiger partial charge in [-0.1, -0.05) is 23.7 Å². The summed E-state index contributed by atoms with van der Waals surface area (Å²) in [4.78, 5) is 34.4. The number of carbonyl (C=O) groups is 2. The van der Waals surface area contributed by atoms with E-state index in [1.807, 2.05) is 47.4 Å². The molecule has 2 amide bonds. The van der Waals surface area contributed by atoms with Gasteiger partial charge in [0.25, 0.3) is 0 Å². The molecule has 0 saturated carbocycles. The second-order valence-corrected chi connectivity index (χ2v) is 6.98. The summed E-state index contributed by atoms with van der Waals surface area (Å²) in [6.07, 6.45) is 1.69. The van der Waals surface area contributed by atoms with Crippen molar-refractivity contribution < 1.29 is 9.59 Å². The summed E-state index contributed by atoms with van der Waals surface area (Å²) in [5.74, 6) is -0.168. The van der Waals surface area contributed by atoms with Gasteiger partial charge in [0.15, 0.2) is 0 Å². The number of nitrogens with zero attached hydrogens (tertiary/aromatic N) is 4. The summed E-state index contributed by atoms with van der Waals surface area (Å²) in [6.45, 7) is 4.63. The fraction of sp³-hybridized carbons (Fsp3) is 0.350. The van der Waals surface area contributed by atoms with Crippen molar-refractivity contribution in [3.63, 3.8) is 0 Å². The summed E-state index contributed by atoms with van der Waals surface area (Å²) in [7, 11) is 0. The lowest BCUT2D eigenvalue weighted by Crippen LogP contribution is -2.51. The maximum absolute atomic E-state index is 12.7. The van der Waals surface area contributed by atoms with Crippen molar-refractivity contribution in [1.82, 2.24) is 14.8 Å². The Morgan fingerprint density at radius 3 is 2.52 bits per heavy atom. The smallest absolute Gasteiger partial charge is 0.242 e. The molecule has 2 heterocycles. The number of rotatable bonds is 5. The Balaban J connectivity index is 1.55. The molecular formula is C20H23ClN4O2. The van der Waals surface area contributed by atoms with E-state index in [0.29, 0.717) is 24.7 Å². The van der Waals surface area contributed by atoms with Crippen LogP contribution in [0.4, 0.5) is 5.69 Å². The molecule has 3 rings (SSSR count). The summed E-state index contributed by atoms with van der Waals surface area (Å²) in [6, 6.07) is 13.3. The molecular weight excluding hydrogens is 364 g/mol. The van der Waals surface area contributed by atoms with Crippen LogP contribution in [0.2, 0.25) is 5.02 Å². The average Bonchev–Trinajstić information content (AvgIpc) is 2.68. The van der Waals surface area contributed by atoms with Crippen LogP contribution in [0.15, 0.2) is 48.7 Å². The van der Waals surface area contributed by atoms with E-state index in [1.54, 1.807) is 6.20 Å². The molecule has 1 aliphatic heterocycles. The molecule has 0 aliphatic carbocycles. The Hall–Kier alpha value is -2.60. The molecule has 1 saturated heterocycles. The van der Waals surface area contributed by atoms with Gasteiger partial charge in [-0.25, -0.2) is 0 Å². The van der Waals surface area contributed by atoms with Crippen LogP contribution in [-0.4, -0.2) is 59.3 Å². The molecule has 0 unspecified atom stereocenters. The number of hydrogen-bond donors (Lipinski definition) is 0. The number of hydrogen-bond acceptors (Lipinski definition) is 4. The second kappa shape index (κ2) is 8.86. The van der Waals surface area contributed by atoms with Crippen molar-refractivity contribution in [2.45, 2.75) is 13.5 Å². The average molecular weight is 387 g/mol. The summed E-state index contributed by atoms with van der Waals surface area (Å²) in [5, 5.41) is 0.706. The third kappa shape index (κ3) is 5.20. The SMILES string of the molecule is CC(=O)N(CC(=O)N1CCN(c2cccc(Cl)c2)CC1)Cc1ccccn1. The Morgan fingerprint density at radius 2 is 1.89 bits per heavy atom. The minimum Gasteiger partial charge on any atom is -0.368 e. The molecule has 142 valence electrons. The number of carbonyl (C=O) groups excluding carboxylic acids is 2. The molecule has 2 aromatic rings. The van der Waals surface area contributed by atoms with Gasteiger partial charge in [-0.05, 0) is 30.3 Å². The first-order valence-corrected chi connectivity index (χ1v) is 9.34. The minimum absolute atomic E-state index is 0.0353. The first-order valence-electron chi connectivity index (χ1n) is 8.96. The topological polar surface area (TPSA) is 56.8 Å². The molecule has 0 radical (unpaired) electrons. The van der Waals surface area contributed by atoms with E-state index in [2.05, 4.69) is 9.88 Å². The number of aromatic nitrogens is 1. The highest BCUT2D eigenvalue weighted by Gasteiger charge is 2.24. The van der Waals surface area contributed by atoms with Gasteiger partial charge in [0.1, 0.15) is 6.54 Å². The Kier molecular flexibility index (Phi) is 6.29. The Morgan fingerprint density at radius 1 is 1.11 bits per heavy atom. The van der Waals surface area contributed by atoms with Gasteiger partial charge < -0.3 is 14.7 Å². The van der Waals surface area contributed by atoms with E-state index in [-0.39, 0.29) is 18.4 Å². The van der Waals surface area contributed by atoms with Crippen molar-refractivity contribution in [1.29, 1.82) is 0 Å². The Labute approximate surface area is 164 Å². The minimum atomic E-state index is -0.133. The standard InChI is InChI=1S/C20H23ClN4O2/c1-16(26)25(14-18-6-2-3-8-22-18)15-20(27)24-11-9-23(10-12-24)19-7-4-5-17(21)13-19/h2-8,13H,9-12,14-15H2,1H3. The quantitative estimate of drug-likeness (QED) is 0.792. The summed E-state index contributed by atoms with van der Waals surface area (Å²) >= 11 is 6.06. The molecule has 0 spiro atoms. The predicted molar refractivity (Wildman–Crippen MR) is 106 cm³/mol. The third-order valence-electron chi connectivity index (χ3n) is 4.66. The van der Waals surface area contributed by atoms with E-state index in [4.69, 9.17) is 11.6 Å². The van der Waals surface area contributed by atoms with Crippen molar-refractivity contribution in [2.75, 3.05) is 37.6 Å². The molecule has 0 bridgehead atoms. The maximum atomic E-state index is 12.7. The van der Waals surface area contributed by atoms with E-state index in [9.17, 15) is 9.59 Å². The summed E-state index contributed by atoms with van der Waals surface area (Å²) < 4.78 is 0. The van der Waals surface area contributed by atoms with E-state index in [1.165, 1.54) is 11.8 Å². The van der Waals surface area contributed by atoms with E-state index in [0.717, 1.165) is 24.5 Å². The van der Waals surface area contributed by atoms with Crippen molar-refractivity contribution in [3.05, 3.63) is 59.4 Å². The number of halogens is 1. The zero-order valence-corrected chi connectivity index (χ0v) is 16.1. The fourth-order valence-corrected chi connectivity index (χ4v) is 3.30. The number of amides is 2. The van der Waals surface area contributed by atoms with Gasteiger partial charge in [0.05, 0.1) is 12.2 Å². The molecule has 0 atom stereocenters. The normalized spacial score (nSPS) is 14.1. The molecule has 6 nitrogen and oxygen atoms in total. The number of piperazine rings is 1. The van der Waals surface area contributed by atoms with Crippen LogP contribution in [0.25, 0.3) is 0 Å². The van der Waals surface area contributed by atoms with Gasteiger partial charge in [-0.15, -0.1) is 0 Å². The molecule has 7 heteroatoms. The lowest BCUT2D eigenvalue weighted by atomic mass is 10.2. The van der Waals surface area contributed by atoms with Gasteiger partial charge in [0, 0.05) is 50.0 Å². The predicted octanol–water partition coefficient (Wildman–Crippen LogP) is 2.43. The van der Waals surface area contributed by atoms with Crippen LogP contribution in [0.5, 0.6) is 0 Å². The number of pyridine rings is 1. The van der Waals surface area contributed by atoms with E-state index < -0.39 is 0 Å². The van der Waals surface area contributed by atoms with Crippen molar-refractivity contribution in [2.24, 2.45) is 0 Å². The van der Waals surface area contributed by atoms with E-state index >= 15 is 0 Å². The Bertz CT molecular complexity index is 792. The zero-order valence-electron chi connectivity index (χ0n) is 15.3. The van der Waals surface area contributed by atoms with Crippen LogP contribution in [0.1, 0.15) is 12.6 Å². The van der Waals surface area contributed by atoms with Crippen LogP contribution >= 0.6 is 11.6 Å². The molecule has 1 aliphatic rings. The van der Waals surface area contributed by atoms with Gasteiger partial charge in [-0.2, -0.15) is 0 Å². The van der Waals surface area contributed by atoms with Crippen LogP contribution in [-0.2, 0) is 16.1 Å².